The summed E-state index contributed by atoms with van der Waals surface area (Å²) in [6, 6.07) is 11.7. The zero-order valence-electron chi connectivity index (χ0n) is 19.1. The topological polar surface area (TPSA) is 111 Å². The summed E-state index contributed by atoms with van der Waals surface area (Å²) in [7, 11) is 0. The van der Waals surface area contributed by atoms with E-state index >= 15 is 0 Å². The standard InChI is InChI=1S/C26H21ClN2O6/c1-12-8-16(14(3)28-18-5-7-21(27)29-22(18)26(31)32)25-17(9-12)23(30)13(2)24(35-25)15-4-6-19-20(10-15)34-11-33-19/h4-10,14,28H,11H2,1-3H3,(H,31,32)/t14-/m1/s1. The number of carbonyl (C=O) groups is 1. The lowest BCUT2D eigenvalue weighted by Gasteiger charge is -2.19. The maximum atomic E-state index is 13.4. The minimum atomic E-state index is -1.21. The number of aromatic carboxylic acids is 1. The number of aromatic nitrogens is 1. The van der Waals surface area contributed by atoms with Crippen LogP contribution in [0.25, 0.3) is 22.3 Å². The number of ether oxygens (including phenoxy) is 2. The normalized spacial score (nSPS) is 13.1. The van der Waals surface area contributed by atoms with Gasteiger partial charge in [-0.15, -0.1) is 0 Å². The van der Waals surface area contributed by atoms with Gasteiger partial charge in [0.25, 0.3) is 0 Å². The summed E-state index contributed by atoms with van der Waals surface area (Å²) in [5, 5.41) is 13.3. The van der Waals surface area contributed by atoms with E-state index in [1.807, 2.05) is 26.0 Å². The Labute approximate surface area is 205 Å². The van der Waals surface area contributed by atoms with Crippen LogP contribution in [0.5, 0.6) is 11.5 Å². The summed E-state index contributed by atoms with van der Waals surface area (Å²) in [5.74, 6) is 0.441. The number of carboxylic acids is 1. The Morgan fingerprint density at radius 1 is 1.11 bits per heavy atom. The summed E-state index contributed by atoms with van der Waals surface area (Å²) in [4.78, 5) is 29.0. The van der Waals surface area contributed by atoms with Crippen LogP contribution in [0.2, 0.25) is 5.15 Å². The van der Waals surface area contributed by atoms with Crippen molar-refractivity contribution < 1.29 is 23.8 Å². The van der Waals surface area contributed by atoms with E-state index < -0.39 is 12.0 Å². The number of carboxylic acid groups (broad SMARTS) is 1. The van der Waals surface area contributed by atoms with Crippen molar-refractivity contribution >= 4 is 34.2 Å². The van der Waals surface area contributed by atoms with E-state index in [0.29, 0.717) is 50.6 Å². The van der Waals surface area contributed by atoms with Crippen molar-refractivity contribution in [1.82, 2.24) is 4.98 Å². The number of hydrogen-bond acceptors (Lipinski definition) is 7. The Kier molecular flexibility index (Phi) is 5.61. The maximum absolute atomic E-state index is 13.4. The molecule has 1 aliphatic heterocycles. The Balaban J connectivity index is 1.65. The monoisotopic (exact) mass is 492 g/mol. The van der Waals surface area contributed by atoms with Crippen LogP contribution >= 0.6 is 11.6 Å². The predicted molar refractivity (Wildman–Crippen MR) is 132 cm³/mol. The van der Waals surface area contributed by atoms with E-state index in [9.17, 15) is 14.7 Å². The van der Waals surface area contributed by atoms with Gasteiger partial charge in [-0.1, -0.05) is 17.7 Å². The molecule has 0 radical (unpaired) electrons. The number of anilines is 1. The van der Waals surface area contributed by atoms with Crippen LogP contribution < -0.4 is 20.2 Å². The number of halogens is 1. The fourth-order valence-electron chi connectivity index (χ4n) is 4.23. The lowest BCUT2D eigenvalue weighted by atomic mass is 9.98. The fourth-order valence-corrected chi connectivity index (χ4v) is 4.38. The third-order valence-electron chi connectivity index (χ3n) is 5.93. The molecule has 5 rings (SSSR count). The van der Waals surface area contributed by atoms with E-state index in [1.54, 1.807) is 31.2 Å². The molecule has 1 atom stereocenters. The van der Waals surface area contributed by atoms with Gasteiger partial charge >= 0.3 is 5.97 Å². The smallest absolute Gasteiger partial charge is 0.356 e. The molecule has 2 N–H and O–H groups in total. The zero-order valence-corrected chi connectivity index (χ0v) is 19.9. The minimum Gasteiger partial charge on any atom is -0.476 e. The first kappa shape index (κ1) is 22.7. The number of fused-ring (bicyclic) bond motifs is 2. The number of pyridine rings is 1. The molecule has 8 nitrogen and oxygen atoms in total. The van der Waals surface area contributed by atoms with Gasteiger partial charge in [-0.3, -0.25) is 4.79 Å². The number of hydrogen-bond donors (Lipinski definition) is 2. The molecule has 0 saturated carbocycles. The molecule has 0 aliphatic carbocycles. The molecule has 1 aliphatic rings. The number of nitrogens with zero attached hydrogens (tertiary/aromatic N) is 1. The van der Waals surface area contributed by atoms with E-state index in [4.69, 9.17) is 25.5 Å². The summed E-state index contributed by atoms with van der Waals surface area (Å²) in [6.07, 6.45) is 0. The lowest BCUT2D eigenvalue weighted by molar-refractivity contribution is 0.0691. The van der Waals surface area contributed by atoms with Crippen molar-refractivity contribution in [2.45, 2.75) is 26.8 Å². The molecule has 0 spiro atoms. The van der Waals surface area contributed by atoms with E-state index in [1.165, 1.54) is 6.07 Å². The highest BCUT2D eigenvalue weighted by Gasteiger charge is 2.22. The van der Waals surface area contributed by atoms with Crippen molar-refractivity contribution in [1.29, 1.82) is 0 Å². The van der Waals surface area contributed by atoms with Gasteiger partial charge in [0.2, 0.25) is 6.79 Å². The van der Waals surface area contributed by atoms with Crippen LogP contribution in [0, 0.1) is 13.8 Å². The third-order valence-corrected chi connectivity index (χ3v) is 6.14. The van der Waals surface area contributed by atoms with Crippen molar-refractivity contribution in [2.75, 3.05) is 12.1 Å². The lowest BCUT2D eigenvalue weighted by Crippen LogP contribution is -2.14. The van der Waals surface area contributed by atoms with Crippen molar-refractivity contribution in [3.63, 3.8) is 0 Å². The van der Waals surface area contributed by atoms with Crippen LogP contribution in [0.1, 0.15) is 40.1 Å². The van der Waals surface area contributed by atoms with Crippen LogP contribution in [0.4, 0.5) is 5.69 Å². The first-order chi connectivity index (χ1) is 16.7. The third kappa shape index (κ3) is 4.06. The number of aryl methyl sites for hydroxylation is 1. The highest BCUT2D eigenvalue weighted by Crippen LogP contribution is 2.38. The Bertz CT molecular complexity index is 1560. The second-order valence-corrected chi connectivity index (χ2v) is 8.77. The van der Waals surface area contributed by atoms with Crippen LogP contribution in [0.15, 0.2) is 51.7 Å². The number of nitrogens with one attached hydrogen (secondary N) is 1. The molecule has 4 aromatic rings. The van der Waals surface area contributed by atoms with Gasteiger partial charge in [0, 0.05) is 16.7 Å². The summed E-state index contributed by atoms with van der Waals surface area (Å²) >= 11 is 5.89. The van der Waals surface area contributed by atoms with Crippen LogP contribution in [-0.2, 0) is 0 Å². The van der Waals surface area contributed by atoms with Gasteiger partial charge < -0.3 is 24.3 Å². The minimum absolute atomic E-state index is 0.0800. The van der Waals surface area contributed by atoms with Gasteiger partial charge in [-0.25, -0.2) is 9.78 Å². The molecule has 178 valence electrons. The maximum Gasteiger partial charge on any atom is 0.356 e. The van der Waals surface area contributed by atoms with Gasteiger partial charge in [0.15, 0.2) is 22.6 Å². The Morgan fingerprint density at radius 2 is 1.89 bits per heavy atom. The van der Waals surface area contributed by atoms with E-state index in [0.717, 1.165) is 5.56 Å². The molecule has 0 fully saturated rings. The SMILES string of the molecule is Cc1cc([C@@H](C)Nc2ccc(Cl)nc2C(=O)O)c2oc(-c3ccc4c(c3)OCO4)c(C)c(=O)c2c1. The van der Waals surface area contributed by atoms with Gasteiger partial charge in [-0.05, 0) is 62.7 Å². The molecule has 0 saturated heterocycles. The molecule has 3 heterocycles. The Hall–Kier alpha value is -4.04. The van der Waals surface area contributed by atoms with Gasteiger partial charge in [0.1, 0.15) is 16.5 Å². The second kappa shape index (κ2) is 8.63. The fraction of sp³-hybridized carbons (Fsp3) is 0.192. The summed E-state index contributed by atoms with van der Waals surface area (Å²) < 4.78 is 17.2. The largest absolute Gasteiger partial charge is 0.476 e. The average molecular weight is 493 g/mol. The highest BCUT2D eigenvalue weighted by molar-refractivity contribution is 6.29. The molecule has 0 bridgehead atoms. The quantitative estimate of drug-likeness (QED) is 0.340. The van der Waals surface area contributed by atoms with E-state index in [2.05, 4.69) is 10.3 Å². The van der Waals surface area contributed by atoms with Crippen LogP contribution in [0.3, 0.4) is 0 Å². The molecule has 0 unspecified atom stereocenters. The first-order valence-corrected chi connectivity index (χ1v) is 11.2. The summed E-state index contributed by atoms with van der Waals surface area (Å²) in [5.41, 5.74) is 3.11. The molecular formula is C26H21ClN2O6. The van der Waals surface area contributed by atoms with Gasteiger partial charge in [0.05, 0.1) is 17.1 Å². The van der Waals surface area contributed by atoms with E-state index in [-0.39, 0.29) is 23.1 Å². The molecule has 2 aromatic heterocycles. The van der Waals surface area contributed by atoms with Crippen molar-refractivity contribution in [3.05, 3.63) is 80.2 Å². The highest BCUT2D eigenvalue weighted by atomic mass is 35.5. The molecule has 0 amide bonds. The summed E-state index contributed by atoms with van der Waals surface area (Å²) in [6.45, 7) is 5.62. The zero-order chi connectivity index (χ0) is 24.9. The molecule has 35 heavy (non-hydrogen) atoms. The predicted octanol–water partition coefficient (Wildman–Crippen LogP) is 5.73. The molecule has 2 aromatic carbocycles. The van der Waals surface area contributed by atoms with Gasteiger partial charge in [-0.2, -0.15) is 0 Å². The number of benzene rings is 2. The molecule has 9 heteroatoms. The number of rotatable bonds is 5. The Morgan fingerprint density at radius 3 is 2.66 bits per heavy atom. The second-order valence-electron chi connectivity index (χ2n) is 8.39. The average Bonchev–Trinajstić information content (AvgIpc) is 3.30. The van der Waals surface area contributed by atoms with Crippen LogP contribution in [-0.4, -0.2) is 22.9 Å². The van der Waals surface area contributed by atoms with Crippen molar-refractivity contribution in [3.8, 4) is 22.8 Å². The first-order valence-electron chi connectivity index (χ1n) is 10.9. The van der Waals surface area contributed by atoms with Crippen molar-refractivity contribution in [2.24, 2.45) is 0 Å². The molecular weight excluding hydrogens is 472 g/mol.